The molecule has 1 heterocycles. The van der Waals surface area contributed by atoms with E-state index in [1.807, 2.05) is 0 Å². The van der Waals surface area contributed by atoms with Gasteiger partial charge in [-0.1, -0.05) is 12.1 Å². The zero-order valence-electron chi connectivity index (χ0n) is 12.4. The number of hydrogen-bond donors (Lipinski definition) is 1. The van der Waals surface area contributed by atoms with E-state index in [0.717, 1.165) is 0 Å². The van der Waals surface area contributed by atoms with Crippen molar-refractivity contribution in [1.82, 2.24) is 9.88 Å². The van der Waals surface area contributed by atoms with Gasteiger partial charge in [-0.25, -0.2) is 0 Å². The van der Waals surface area contributed by atoms with Crippen LogP contribution >= 0.6 is 0 Å². The van der Waals surface area contributed by atoms with E-state index in [0.29, 0.717) is 17.0 Å². The molecule has 2 aromatic rings. The minimum atomic E-state index is -0.306. The quantitative estimate of drug-likeness (QED) is 0.914. The van der Waals surface area contributed by atoms with Gasteiger partial charge in [0.15, 0.2) is 6.61 Å². The van der Waals surface area contributed by atoms with E-state index in [2.05, 4.69) is 10.3 Å². The van der Waals surface area contributed by atoms with Crippen molar-refractivity contribution in [3.05, 3.63) is 54.4 Å². The molecule has 0 saturated heterocycles. The molecule has 114 valence electrons. The first-order valence-corrected chi connectivity index (χ1v) is 6.71. The largest absolute Gasteiger partial charge is 0.483 e. The Morgan fingerprint density at radius 1 is 1.14 bits per heavy atom. The van der Waals surface area contributed by atoms with Crippen molar-refractivity contribution in [1.29, 1.82) is 0 Å². The van der Waals surface area contributed by atoms with E-state index in [1.54, 1.807) is 62.9 Å². The average Bonchev–Trinajstić information content (AvgIpc) is 2.53. The minimum Gasteiger partial charge on any atom is -0.483 e. The van der Waals surface area contributed by atoms with Crippen LogP contribution in [0.4, 0.5) is 5.69 Å². The molecule has 0 aliphatic rings. The van der Waals surface area contributed by atoms with E-state index in [4.69, 9.17) is 4.74 Å². The lowest BCUT2D eigenvalue weighted by Crippen LogP contribution is -2.28. The summed E-state index contributed by atoms with van der Waals surface area (Å²) in [5, 5.41) is 2.75. The Hall–Kier alpha value is -2.89. The standard InChI is InChI=1S/C16H17N3O3/c1-19(2)15(20)11-22-14-6-4-3-5-13(14)16(21)18-12-7-9-17-10-8-12/h3-10H,11H2,1-2H3,(H,17,18,21). The minimum absolute atomic E-state index is 0.119. The number of benzene rings is 1. The fraction of sp³-hybridized carbons (Fsp3) is 0.188. The van der Waals surface area contributed by atoms with Gasteiger partial charge in [0.05, 0.1) is 5.56 Å². The van der Waals surface area contributed by atoms with Crippen molar-refractivity contribution in [2.75, 3.05) is 26.0 Å². The number of rotatable bonds is 5. The molecule has 22 heavy (non-hydrogen) atoms. The highest BCUT2D eigenvalue weighted by molar-refractivity contribution is 6.06. The van der Waals surface area contributed by atoms with Crippen LogP contribution in [0.1, 0.15) is 10.4 Å². The molecule has 6 nitrogen and oxygen atoms in total. The van der Waals surface area contributed by atoms with Crippen LogP contribution in [0.3, 0.4) is 0 Å². The summed E-state index contributed by atoms with van der Waals surface area (Å²) >= 11 is 0. The molecule has 0 atom stereocenters. The van der Waals surface area contributed by atoms with Crippen molar-refractivity contribution < 1.29 is 14.3 Å². The fourth-order valence-corrected chi connectivity index (χ4v) is 1.68. The molecule has 1 aromatic carbocycles. The van der Waals surface area contributed by atoms with Gasteiger partial charge < -0.3 is 15.0 Å². The van der Waals surface area contributed by atoms with E-state index < -0.39 is 0 Å². The SMILES string of the molecule is CN(C)C(=O)COc1ccccc1C(=O)Nc1ccncc1. The van der Waals surface area contributed by atoms with Crippen molar-refractivity contribution in [2.24, 2.45) is 0 Å². The van der Waals surface area contributed by atoms with E-state index >= 15 is 0 Å². The molecule has 0 radical (unpaired) electrons. The van der Waals surface area contributed by atoms with Gasteiger partial charge in [-0.3, -0.25) is 14.6 Å². The molecule has 6 heteroatoms. The maximum Gasteiger partial charge on any atom is 0.259 e. The number of ether oxygens (including phenoxy) is 1. The van der Waals surface area contributed by atoms with Crippen LogP contribution in [0, 0.1) is 0 Å². The Morgan fingerprint density at radius 2 is 1.82 bits per heavy atom. The van der Waals surface area contributed by atoms with E-state index in [1.165, 1.54) is 4.90 Å². The van der Waals surface area contributed by atoms with Gasteiger partial charge in [0.25, 0.3) is 11.8 Å². The maximum absolute atomic E-state index is 12.3. The Balaban J connectivity index is 2.10. The Morgan fingerprint density at radius 3 is 2.50 bits per heavy atom. The summed E-state index contributed by atoms with van der Waals surface area (Å²) in [6, 6.07) is 10.2. The van der Waals surface area contributed by atoms with Crippen LogP contribution in [0.15, 0.2) is 48.8 Å². The molecule has 0 unspecified atom stereocenters. The van der Waals surface area contributed by atoms with Gasteiger partial charge in [0.1, 0.15) is 5.75 Å². The molecule has 2 rings (SSSR count). The highest BCUT2D eigenvalue weighted by atomic mass is 16.5. The van der Waals surface area contributed by atoms with Gasteiger partial charge in [0.2, 0.25) is 0 Å². The van der Waals surface area contributed by atoms with E-state index in [9.17, 15) is 9.59 Å². The third kappa shape index (κ3) is 4.05. The summed E-state index contributed by atoms with van der Waals surface area (Å²) in [4.78, 5) is 29.2. The lowest BCUT2D eigenvalue weighted by atomic mass is 10.2. The topological polar surface area (TPSA) is 71.5 Å². The smallest absolute Gasteiger partial charge is 0.259 e. The Kier molecular flexibility index (Phi) is 5.08. The number of carbonyl (C=O) groups excluding carboxylic acids is 2. The van der Waals surface area contributed by atoms with Crippen molar-refractivity contribution >= 4 is 17.5 Å². The summed E-state index contributed by atoms with van der Waals surface area (Å²) in [5.41, 5.74) is 1.00. The summed E-state index contributed by atoms with van der Waals surface area (Å²) < 4.78 is 5.45. The molecule has 0 aliphatic carbocycles. The van der Waals surface area contributed by atoms with Crippen LogP contribution in [0.25, 0.3) is 0 Å². The number of nitrogens with one attached hydrogen (secondary N) is 1. The van der Waals surface area contributed by atoms with Crippen LogP contribution in [-0.2, 0) is 4.79 Å². The van der Waals surface area contributed by atoms with Crippen LogP contribution in [0.5, 0.6) is 5.75 Å². The summed E-state index contributed by atoms with van der Waals surface area (Å²) in [6.07, 6.45) is 3.18. The fourth-order valence-electron chi connectivity index (χ4n) is 1.68. The lowest BCUT2D eigenvalue weighted by Gasteiger charge is -2.14. The van der Waals surface area contributed by atoms with Gasteiger partial charge in [0, 0.05) is 32.2 Å². The predicted octanol–water partition coefficient (Wildman–Crippen LogP) is 1.80. The van der Waals surface area contributed by atoms with Crippen LogP contribution < -0.4 is 10.1 Å². The second-order valence-electron chi connectivity index (χ2n) is 4.76. The lowest BCUT2D eigenvalue weighted by molar-refractivity contribution is -0.130. The number of likely N-dealkylation sites (N-methyl/N-ethyl adjacent to an activating group) is 1. The number of amides is 2. The van der Waals surface area contributed by atoms with Crippen LogP contribution in [0.2, 0.25) is 0 Å². The summed E-state index contributed by atoms with van der Waals surface area (Å²) in [7, 11) is 3.29. The Bertz CT molecular complexity index is 657. The third-order valence-corrected chi connectivity index (χ3v) is 2.92. The third-order valence-electron chi connectivity index (χ3n) is 2.92. The number of hydrogen-bond acceptors (Lipinski definition) is 4. The van der Waals surface area contributed by atoms with Crippen molar-refractivity contribution in [3.63, 3.8) is 0 Å². The number of carbonyl (C=O) groups is 2. The molecule has 2 amide bonds. The molecule has 0 saturated carbocycles. The molecule has 0 bridgehead atoms. The van der Waals surface area contributed by atoms with Gasteiger partial charge in [-0.15, -0.1) is 0 Å². The molecule has 0 fully saturated rings. The molecule has 1 N–H and O–H groups in total. The molecular weight excluding hydrogens is 282 g/mol. The maximum atomic E-state index is 12.3. The highest BCUT2D eigenvalue weighted by Gasteiger charge is 2.14. The van der Waals surface area contributed by atoms with Gasteiger partial charge >= 0.3 is 0 Å². The predicted molar refractivity (Wildman–Crippen MR) is 82.8 cm³/mol. The first-order chi connectivity index (χ1) is 10.6. The van der Waals surface area contributed by atoms with Crippen LogP contribution in [-0.4, -0.2) is 42.4 Å². The molecular formula is C16H17N3O3. The average molecular weight is 299 g/mol. The second-order valence-corrected chi connectivity index (χ2v) is 4.76. The second kappa shape index (κ2) is 7.21. The first kappa shape index (κ1) is 15.5. The number of nitrogens with zero attached hydrogens (tertiary/aromatic N) is 2. The van der Waals surface area contributed by atoms with Gasteiger partial charge in [-0.2, -0.15) is 0 Å². The molecule has 1 aromatic heterocycles. The van der Waals surface area contributed by atoms with E-state index in [-0.39, 0.29) is 18.4 Å². The van der Waals surface area contributed by atoms with Gasteiger partial charge in [-0.05, 0) is 24.3 Å². The zero-order chi connectivity index (χ0) is 15.9. The Labute approximate surface area is 128 Å². The first-order valence-electron chi connectivity index (χ1n) is 6.71. The van der Waals surface area contributed by atoms with Crippen molar-refractivity contribution in [2.45, 2.75) is 0 Å². The summed E-state index contributed by atoms with van der Waals surface area (Å²) in [5.74, 6) is -0.118. The number of para-hydroxylation sites is 1. The zero-order valence-corrected chi connectivity index (χ0v) is 12.4. The monoisotopic (exact) mass is 299 g/mol. The molecule has 0 spiro atoms. The highest BCUT2D eigenvalue weighted by Crippen LogP contribution is 2.19. The number of aromatic nitrogens is 1. The normalized spacial score (nSPS) is 9.91. The molecule has 0 aliphatic heterocycles. The number of pyridine rings is 1. The summed E-state index contributed by atoms with van der Waals surface area (Å²) in [6.45, 7) is -0.119. The number of anilines is 1. The van der Waals surface area contributed by atoms with Crippen molar-refractivity contribution in [3.8, 4) is 5.75 Å².